The Kier molecular flexibility index (Phi) is 4.67. The molecule has 5 nitrogen and oxygen atoms in total. The molecular weight excluding hydrogens is 352 g/mol. The van der Waals surface area contributed by atoms with E-state index in [9.17, 15) is 9.59 Å². The number of carbonyl (C=O) groups excluding carboxylic acids is 2. The van der Waals surface area contributed by atoms with Gasteiger partial charge in [0.2, 0.25) is 5.91 Å². The highest BCUT2D eigenvalue weighted by atomic mass is 16.3. The first-order valence-corrected chi connectivity index (χ1v) is 9.60. The van der Waals surface area contributed by atoms with Crippen molar-refractivity contribution in [2.24, 2.45) is 0 Å². The molecule has 0 spiro atoms. The lowest BCUT2D eigenvalue weighted by Gasteiger charge is -2.11. The Hall–Kier alpha value is -3.08. The Morgan fingerprint density at radius 1 is 1.07 bits per heavy atom. The number of aryl methyl sites for hydroxylation is 3. The summed E-state index contributed by atoms with van der Waals surface area (Å²) in [5.74, 6) is -0.228. The van der Waals surface area contributed by atoms with E-state index in [2.05, 4.69) is 10.6 Å². The van der Waals surface area contributed by atoms with E-state index in [1.807, 2.05) is 39.0 Å². The molecule has 1 fully saturated rings. The van der Waals surface area contributed by atoms with Crippen molar-refractivity contribution >= 4 is 28.5 Å². The third kappa shape index (κ3) is 3.65. The molecule has 1 aliphatic rings. The zero-order valence-corrected chi connectivity index (χ0v) is 16.4. The first-order valence-electron chi connectivity index (χ1n) is 9.60. The molecule has 1 heterocycles. The van der Waals surface area contributed by atoms with Gasteiger partial charge in [0, 0.05) is 28.2 Å². The molecule has 1 aromatic heterocycles. The maximum atomic E-state index is 12.6. The molecule has 1 saturated carbocycles. The third-order valence-electron chi connectivity index (χ3n) is 5.38. The predicted molar refractivity (Wildman–Crippen MR) is 110 cm³/mol. The van der Waals surface area contributed by atoms with Crippen LogP contribution in [0, 0.1) is 20.8 Å². The van der Waals surface area contributed by atoms with E-state index in [0.717, 1.165) is 46.1 Å². The predicted octanol–water partition coefficient (Wildman–Crippen LogP) is 4.43. The molecule has 4 rings (SSSR count). The minimum Gasteiger partial charge on any atom is -0.464 e. The Balaban J connectivity index is 1.51. The molecule has 1 aliphatic carbocycles. The molecule has 5 heteroatoms. The van der Waals surface area contributed by atoms with Gasteiger partial charge in [0.15, 0.2) is 0 Å². The highest BCUT2D eigenvalue weighted by Gasteiger charge is 2.24. The van der Waals surface area contributed by atoms with Gasteiger partial charge in [-0.2, -0.15) is 0 Å². The number of rotatable bonds is 5. The SMILES string of the molecule is Cc1ccc(C(=O)NC2CC2)cc1NC(=O)Cc1coc2c(C)c(C)ccc12. The first-order chi connectivity index (χ1) is 13.4. The Morgan fingerprint density at radius 3 is 2.57 bits per heavy atom. The van der Waals surface area contributed by atoms with Gasteiger partial charge in [-0.05, 0) is 62.4 Å². The number of amides is 2. The van der Waals surface area contributed by atoms with Gasteiger partial charge in [-0.1, -0.05) is 18.2 Å². The lowest BCUT2D eigenvalue weighted by molar-refractivity contribution is -0.115. The molecule has 28 heavy (non-hydrogen) atoms. The van der Waals surface area contributed by atoms with Crippen molar-refractivity contribution in [3.8, 4) is 0 Å². The molecule has 0 radical (unpaired) electrons. The minimum absolute atomic E-state index is 0.0929. The molecule has 0 atom stereocenters. The van der Waals surface area contributed by atoms with Gasteiger partial charge in [-0.25, -0.2) is 0 Å². The molecule has 2 aromatic carbocycles. The zero-order chi connectivity index (χ0) is 19.8. The fourth-order valence-corrected chi connectivity index (χ4v) is 3.29. The van der Waals surface area contributed by atoms with Crippen LogP contribution in [0.3, 0.4) is 0 Å². The van der Waals surface area contributed by atoms with Gasteiger partial charge in [0.05, 0.1) is 12.7 Å². The van der Waals surface area contributed by atoms with Crippen molar-refractivity contribution in [1.29, 1.82) is 0 Å². The number of hydrogen-bond donors (Lipinski definition) is 2. The maximum Gasteiger partial charge on any atom is 0.251 e. The second-order valence-electron chi connectivity index (χ2n) is 7.65. The van der Waals surface area contributed by atoms with Crippen molar-refractivity contribution in [2.75, 3.05) is 5.32 Å². The van der Waals surface area contributed by atoms with Crippen LogP contribution < -0.4 is 10.6 Å². The highest BCUT2D eigenvalue weighted by Crippen LogP contribution is 2.27. The van der Waals surface area contributed by atoms with E-state index in [1.54, 1.807) is 18.4 Å². The molecule has 2 amide bonds. The van der Waals surface area contributed by atoms with Gasteiger partial charge in [-0.15, -0.1) is 0 Å². The molecule has 0 unspecified atom stereocenters. The smallest absolute Gasteiger partial charge is 0.251 e. The van der Waals surface area contributed by atoms with E-state index in [-0.39, 0.29) is 18.2 Å². The van der Waals surface area contributed by atoms with Crippen LogP contribution in [0.15, 0.2) is 41.0 Å². The normalized spacial score (nSPS) is 13.5. The van der Waals surface area contributed by atoms with Crippen molar-refractivity contribution in [1.82, 2.24) is 5.32 Å². The summed E-state index contributed by atoms with van der Waals surface area (Å²) in [7, 11) is 0. The van der Waals surface area contributed by atoms with Crippen LogP contribution >= 0.6 is 0 Å². The van der Waals surface area contributed by atoms with Gasteiger partial charge in [0.25, 0.3) is 5.91 Å². The summed E-state index contributed by atoms with van der Waals surface area (Å²) in [6.45, 7) is 5.98. The van der Waals surface area contributed by atoms with Gasteiger partial charge < -0.3 is 15.1 Å². The summed E-state index contributed by atoms with van der Waals surface area (Å²) in [5.41, 5.74) is 6.08. The fraction of sp³-hybridized carbons (Fsp3) is 0.304. The Morgan fingerprint density at radius 2 is 1.82 bits per heavy atom. The van der Waals surface area contributed by atoms with Gasteiger partial charge in [0.1, 0.15) is 5.58 Å². The average molecular weight is 376 g/mol. The van der Waals surface area contributed by atoms with Crippen LogP contribution in [0.1, 0.15) is 45.5 Å². The highest BCUT2D eigenvalue weighted by molar-refractivity contribution is 5.99. The van der Waals surface area contributed by atoms with E-state index < -0.39 is 0 Å². The molecule has 144 valence electrons. The molecule has 0 saturated heterocycles. The van der Waals surface area contributed by atoms with E-state index >= 15 is 0 Å². The standard InChI is InChI=1S/C23H24N2O3/c1-13-5-9-19-17(12-28-22(19)15(13)3)11-21(26)25-20-10-16(6-4-14(20)2)23(27)24-18-7-8-18/h4-6,9-10,12,18H,7-8,11H2,1-3H3,(H,24,27)(H,25,26). The van der Waals surface area contributed by atoms with Crippen molar-refractivity contribution in [3.63, 3.8) is 0 Å². The summed E-state index contributed by atoms with van der Waals surface area (Å²) in [6, 6.07) is 9.73. The molecular formula is C23H24N2O3. The number of nitrogens with one attached hydrogen (secondary N) is 2. The van der Waals surface area contributed by atoms with Gasteiger partial charge >= 0.3 is 0 Å². The Bertz CT molecular complexity index is 1080. The number of fused-ring (bicyclic) bond motifs is 1. The average Bonchev–Trinajstić information content (AvgIpc) is 3.38. The number of furan rings is 1. The number of benzene rings is 2. The van der Waals surface area contributed by atoms with Crippen LogP contribution in [0.25, 0.3) is 11.0 Å². The Labute approximate surface area is 164 Å². The maximum absolute atomic E-state index is 12.6. The molecule has 3 aromatic rings. The zero-order valence-electron chi connectivity index (χ0n) is 16.4. The third-order valence-corrected chi connectivity index (χ3v) is 5.38. The first kappa shape index (κ1) is 18.3. The quantitative estimate of drug-likeness (QED) is 0.692. The molecule has 0 aliphatic heterocycles. The van der Waals surface area contributed by atoms with Crippen LogP contribution in [-0.2, 0) is 11.2 Å². The summed E-state index contributed by atoms with van der Waals surface area (Å²) in [6.07, 6.45) is 3.95. The summed E-state index contributed by atoms with van der Waals surface area (Å²) >= 11 is 0. The summed E-state index contributed by atoms with van der Waals surface area (Å²) < 4.78 is 5.70. The van der Waals surface area contributed by atoms with Crippen LogP contribution in [0.5, 0.6) is 0 Å². The largest absolute Gasteiger partial charge is 0.464 e. The summed E-state index contributed by atoms with van der Waals surface area (Å²) in [5, 5.41) is 6.88. The lowest BCUT2D eigenvalue weighted by atomic mass is 10.0. The number of carbonyl (C=O) groups is 2. The summed E-state index contributed by atoms with van der Waals surface area (Å²) in [4.78, 5) is 24.9. The monoisotopic (exact) mass is 376 g/mol. The van der Waals surface area contributed by atoms with Crippen molar-refractivity contribution in [3.05, 3.63) is 64.4 Å². The minimum atomic E-state index is -0.135. The number of hydrogen-bond acceptors (Lipinski definition) is 3. The van der Waals surface area contributed by atoms with Crippen molar-refractivity contribution in [2.45, 2.75) is 46.1 Å². The van der Waals surface area contributed by atoms with Gasteiger partial charge in [-0.3, -0.25) is 9.59 Å². The van der Waals surface area contributed by atoms with Crippen LogP contribution in [0.4, 0.5) is 5.69 Å². The fourth-order valence-electron chi connectivity index (χ4n) is 3.29. The van der Waals surface area contributed by atoms with Crippen LogP contribution in [0.2, 0.25) is 0 Å². The lowest BCUT2D eigenvalue weighted by Crippen LogP contribution is -2.25. The van der Waals surface area contributed by atoms with Crippen LogP contribution in [-0.4, -0.2) is 17.9 Å². The second kappa shape index (κ2) is 7.15. The van der Waals surface area contributed by atoms with Crippen molar-refractivity contribution < 1.29 is 14.0 Å². The number of anilines is 1. The molecule has 2 N–H and O–H groups in total. The van der Waals surface area contributed by atoms with E-state index in [0.29, 0.717) is 17.3 Å². The van der Waals surface area contributed by atoms with E-state index in [4.69, 9.17) is 4.42 Å². The second-order valence-corrected chi connectivity index (χ2v) is 7.65. The molecule has 0 bridgehead atoms. The topological polar surface area (TPSA) is 71.3 Å². The van der Waals surface area contributed by atoms with E-state index in [1.165, 1.54) is 0 Å².